The van der Waals surface area contributed by atoms with E-state index in [9.17, 15) is 0 Å². The highest BCUT2D eigenvalue weighted by Gasteiger charge is 2.21. The Balaban J connectivity index is 1.59. The molecule has 0 spiro atoms. The lowest BCUT2D eigenvalue weighted by molar-refractivity contribution is 0.189. The number of anilines is 1. The van der Waals surface area contributed by atoms with E-state index in [4.69, 9.17) is 20.2 Å². The summed E-state index contributed by atoms with van der Waals surface area (Å²) in [5.41, 5.74) is 9.58. The van der Waals surface area contributed by atoms with Crippen molar-refractivity contribution in [3.63, 3.8) is 0 Å². The van der Waals surface area contributed by atoms with Crippen molar-refractivity contribution in [3.05, 3.63) is 35.4 Å². The zero-order chi connectivity index (χ0) is 21.8. The Bertz CT molecular complexity index is 1030. The van der Waals surface area contributed by atoms with Gasteiger partial charge in [0.1, 0.15) is 5.75 Å². The molecule has 4 rings (SSSR count). The van der Waals surface area contributed by atoms with Crippen LogP contribution in [0.5, 0.6) is 11.8 Å². The Morgan fingerprint density at radius 2 is 2.06 bits per heavy atom. The van der Waals surface area contributed by atoms with Gasteiger partial charge in [-0.25, -0.2) is 9.50 Å². The van der Waals surface area contributed by atoms with E-state index in [1.165, 1.54) is 0 Å². The molecule has 4 heterocycles. The van der Waals surface area contributed by atoms with Gasteiger partial charge in [0.15, 0.2) is 11.5 Å². The van der Waals surface area contributed by atoms with E-state index in [0.29, 0.717) is 23.8 Å². The molecule has 9 nitrogen and oxygen atoms in total. The smallest absolute Gasteiger partial charge is 0.336 e. The fourth-order valence-corrected chi connectivity index (χ4v) is 4.11. The molecule has 1 fully saturated rings. The topological polar surface area (TPSA) is 112 Å². The van der Waals surface area contributed by atoms with Crippen LogP contribution in [0.15, 0.2) is 18.5 Å². The van der Waals surface area contributed by atoms with Crippen molar-refractivity contribution in [2.24, 2.45) is 0 Å². The summed E-state index contributed by atoms with van der Waals surface area (Å²) in [5.74, 6) is 1.57. The molecule has 0 aliphatic carbocycles. The number of nitrogens with two attached hydrogens (primary N) is 1. The SMILES string of the molecule is CCC[C@H](C)Oc1nc(N)c2ncc(Cc3cnc(C4CCNCC4)c(OC)c3)n2n1. The van der Waals surface area contributed by atoms with Gasteiger partial charge in [0, 0.05) is 18.5 Å². The predicted molar refractivity (Wildman–Crippen MR) is 119 cm³/mol. The number of nitrogens with one attached hydrogen (secondary N) is 1. The van der Waals surface area contributed by atoms with Gasteiger partial charge in [-0.2, -0.15) is 4.98 Å². The molecule has 3 aromatic heterocycles. The first kappa shape index (κ1) is 21.3. The van der Waals surface area contributed by atoms with Crippen molar-refractivity contribution in [1.82, 2.24) is 29.9 Å². The lowest BCUT2D eigenvalue weighted by atomic mass is 9.93. The molecule has 1 saturated heterocycles. The second-order valence-corrected chi connectivity index (χ2v) is 8.11. The highest BCUT2D eigenvalue weighted by molar-refractivity contribution is 5.59. The minimum absolute atomic E-state index is 0.0183. The average molecular weight is 426 g/mol. The van der Waals surface area contributed by atoms with E-state index in [1.54, 1.807) is 17.8 Å². The molecule has 0 aromatic carbocycles. The van der Waals surface area contributed by atoms with Gasteiger partial charge >= 0.3 is 6.01 Å². The maximum atomic E-state index is 6.11. The molecule has 0 amide bonds. The van der Waals surface area contributed by atoms with Crippen LogP contribution in [0.1, 0.15) is 62.4 Å². The van der Waals surface area contributed by atoms with E-state index in [0.717, 1.165) is 61.5 Å². The minimum Gasteiger partial charge on any atom is -0.495 e. The quantitative estimate of drug-likeness (QED) is 0.566. The van der Waals surface area contributed by atoms with Crippen LogP contribution in [0.2, 0.25) is 0 Å². The maximum Gasteiger partial charge on any atom is 0.336 e. The third-order valence-electron chi connectivity index (χ3n) is 5.71. The number of imidazole rings is 1. The standard InChI is InChI=1S/C22H31N7O2/c1-4-5-14(2)31-22-27-20(23)21-26-13-17(29(21)28-22)10-15-11-18(30-3)19(25-12-15)16-6-8-24-9-7-16/h11-14,16,24H,4-10H2,1-3H3,(H2,23,27,28)/t14-/m0/s1. The zero-order valence-corrected chi connectivity index (χ0v) is 18.5. The van der Waals surface area contributed by atoms with Crippen LogP contribution in [-0.2, 0) is 6.42 Å². The molecular weight excluding hydrogens is 394 g/mol. The molecular formula is C22H31N7O2. The van der Waals surface area contributed by atoms with E-state index in [-0.39, 0.29) is 12.1 Å². The van der Waals surface area contributed by atoms with E-state index < -0.39 is 0 Å². The molecule has 3 aromatic rings. The van der Waals surface area contributed by atoms with Gasteiger partial charge in [0.25, 0.3) is 0 Å². The molecule has 1 atom stereocenters. The molecule has 0 bridgehead atoms. The monoisotopic (exact) mass is 425 g/mol. The summed E-state index contributed by atoms with van der Waals surface area (Å²) in [6.45, 7) is 6.15. The third-order valence-corrected chi connectivity index (χ3v) is 5.71. The van der Waals surface area contributed by atoms with Crippen LogP contribution in [0.3, 0.4) is 0 Å². The largest absolute Gasteiger partial charge is 0.495 e. The zero-order valence-electron chi connectivity index (χ0n) is 18.5. The minimum atomic E-state index is 0.0183. The number of ether oxygens (including phenoxy) is 2. The van der Waals surface area contributed by atoms with Crippen LogP contribution >= 0.6 is 0 Å². The summed E-state index contributed by atoms with van der Waals surface area (Å²) < 4.78 is 13.2. The highest BCUT2D eigenvalue weighted by atomic mass is 16.5. The summed E-state index contributed by atoms with van der Waals surface area (Å²) in [4.78, 5) is 13.4. The first-order valence-corrected chi connectivity index (χ1v) is 11.0. The Hall–Kier alpha value is -2.94. The number of nitrogen functional groups attached to an aromatic ring is 1. The van der Waals surface area contributed by atoms with Crippen LogP contribution < -0.4 is 20.5 Å². The lowest BCUT2D eigenvalue weighted by Gasteiger charge is -2.23. The molecule has 0 radical (unpaired) electrons. The van der Waals surface area contributed by atoms with Crippen molar-refractivity contribution in [1.29, 1.82) is 0 Å². The summed E-state index contributed by atoms with van der Waals surface area (Å²) in [6, 6.07) is 2.33. The van der Waals surface area contributed by atoms with Gasteiger partial charge in [-0.3, -0.25) is 4.98 Å². The number of hydrogen-bond donors (Lipinski definition) is 2. The highest BCUT2D eigenvalue weighted by Crippen LogP contribution is 2.32. The van der Waals surface area contributed by atoms with Gasteiger partial charge in [-0.1, -0.05) is 13.3 Å². The normalized spacial score (nSPS) is 15.8. The number of rotatable bonds is 8. The Morgan fingerprint density at radius 3 is 2.81 bits per heavy atom. The Labute approximate surface area is 182 Å². The second kappa shape index (κ2) is 9.47. The van der Waals surface area contributed by atoms with Gasteiger partial charge < -0.3 is 20.5 Å². The van der Waals surface area contributed by atoms with Crippen molar-refractivity contribution in [2.75, 3.05) is 25.9 Å². The predicted octanol–water partition coefficient (Wildman–Crippen LogP) is 2.74. The Morgan fingerprint density at radius 1 is 1.26 bits per heavy atom. The van der Waals surface area contributed by atoms with E-state index in [2.05, 4.69) is 33.4 Å². The molecule has 9 heteroatoms. The number of aromatic nitrogens is 5. The van der Waals surface area contributed by atoms with Gasteiger partial charge in [0.2, 0.25) is 0 Å². The number of nitrogens with zero attached hydrogens (tertiary/aromatic N) is 5. The molecule has 0 unspecified atom stereocenters. The van der Waals surface area contributed by atoms with Gasteiger partial charge in [-0.15, -0.1) is 5.10 Å². The first-order valence-electron chi connectivity index (χ1n) is 11.0. The maximum absolute atomic E-state index is 6.11. The van der Waals surface area contributed by atoms with Crippen molar-refractivity contribution < 1.29 is 9.47 Å². The van der Waals surface area contributed by atoms with Gasteiger partial charge in [-0.05, 0) is 50.9 Å². The number of hydrogen-bond acceptors (Lipinski definition) is 8. The fraction of sp³-hybridized carbons (Fsp3) is 0.545. The lowest BCUT2D eigenvalue weighted by Crippen LogP contribution is -2.27. The number of pyridine rings is 1. The van der Waals surface area contributed by atoms with Crippen molar-refractivity contribution in [3.8, 4) is 11.8 Å². The van der Waals surface area contributed by atoms with Crippen LogP contribution in [0, 0.1) is 0 Å². The molecule has 1 aliphatic rings. The third kappa shape index (κ3) is 4.71. The molecule has 0 saturated carbocycles. The second-order valence-electron chi connectivity index (χ2n) is 8.11. The number of fused-ring (bicyclic) bond motifs is 1. The van der Waals surface area contributed by atoms with E-state index in [1.807, 2.05) is 13.1 Å². The summed E-state index contributed by atoms with van der Waals surface area (Å²) in [6.07, 6.45) is 8.40. The van der Waals surface area contributed by atoms with E-state index >= 15 is 0 Å². The van der Waals surface area contributed by atoms with Gasteiger partial charge in [0.05, 0.1) is 30.8 Å². The van der Waals surface area contributed by atoms with Crippen LogP contribution in [-0.4, -0.2) is 50.9 Å². The molecule has 3 N–H and O–H groups in total. The van der Waals surface area contributed by atoms with Crippen LogP contribution in [0.4, 0.5) is 5.82 Å². The summed E-state index contributed by atoms with van der Waals surface area (Å²) >= 11 is 0. The molecule has 1 aliphatic heterocycles. The number of piperidine rings is 1. The fourth-order valence-electron chi connectivity index (χ4n) is 4.11. The molecule has 166 valence electrons. The summed E-state index contributed by atoms with van der Waals surface area (Å²) in [5, 5.41) is 7.93. The molecule has 31 heavy (non-hydrogen) atoms. The number of methoxy groups -OCH3 is 1. The Kier molecular flexibility index (Phi) is 6.50. The van der Waals surface area contributed by atoms with Crippen molar-refractivity contribution in [2.45, 2.75) is 58.0 Å². The van der Waals surface area contributed by atoms with Crippen LogP contribution in [0.25, 0.3) is 5.65 Å². The average Bonchev–Trinajstić information content (AvgIpc) is 3.17. The first-order chi connectivity index (χ1) is 15.1. The van der Waals surface area contributed by atoms with Crippen molar-refractivity contribution >= 4 is 11.5 Å². The summed E-state index contributed by atoms with van der Waals surface area (Å²) in [7, 11) is 1.70.